The van der Waals surface area contributed by atoms with Crippen molar-refractivity contribution in [2.24, 2.45) is 0 Å². The molecule has 0 aromatic heterocycles. The molecule has 288 valence electrons. The number of esters is 3. The lowest BCUT2D eigenvalue weighted by Gasteiger charge is -2.18. The lowest BCUT2D eigenvalue weighted by Crippen LogP contribution is -2.30. The summed E-state index contributed by atoms with van der Waals surface area (Å²) in [6.07, 6.45) is 39.4. The molecule has 0 N–H and O–H groups in total. The first-order valence-corrected chi connectivity index (χ1v) is 21.2. The third kappa shape index (κ3) is 37.2. The number of carbonyl (C=O) groups is 3. The minimum absolute atomic E-state index is 0.0699. The van der Waals surface area contributed by atoms with Crippen LogP contribution in [0.25, 0.3) is 0 Å². The van der Waals surface area contributed by atoms with E-state index in [9.17, 15) is 14.4 Å². The Morgan fingerprint density at radius 1 is 0.388 bits per heavy atom. The van der Waals surface area contributed by atoms with Gasteiger partial charge in [-0.25, -0.2) is 0 Å². The van der Waals surface area contributed by atoms with Crippen LogP contribution in [0.5, 0.6) is 0 Å². The normalized spacial score (nSPS) is 12.0. The molecule has 0 bridgehead atoms. The molecule has 0 rings (SSSR count). The van der Waals surface area contributed by atoms with Crippen LogP contribution in [0.4, 0.5) is 0 Å². The molecular formula is C43H80O6. The number of allylic oxidation sites excluding steroid dienone is 2. The maximum atomic E-state index is 12.6. The maximum absolute atomic E-state index is 12.6. The van der Waals surface area contributed by atoms with Gasteiger partial charge in [-0.2, -0.15) is 0 Å². The molecule has 6 nitrogen and oxygen atoms in total. The van der Waals surface area contributed by atoms with Crippen LogP contribution in [-0.4, -0.2) is 37.2 Å². The van der Waals surface area contributed by atoms with Crippen LogP contribution < -0.4 is 0 Å². The summed E-state index contributed by atoms with van der Waals surface area (Å²) in [7, 11) is 0. The molecular weight excluding hydrogens is 612 g/mol. The Labute approximate surface area is 303 Å². The van der Waals surface area contributed by atoms with Crippen LogP contribution in [0.2, 0.25) is 0 Å². The van der Waals surface area contributed by atoms with E-state index in [0.29, 0.717) is 19.3 Å². The number of unbranched alkanes of at least 4 members (excludes halogenated alkanes) is 25. The van der Waals surface area contributed by atoms with Gasteiger partial charge in [-0.15, -0.1) is 0 Å². The first-order valence-electron chi connectivity index (χ1n) is 21.2. The zero-order valence-corrected chi connectivity index (χ0v) is 32.7. The predicted octanol–water partition coefficient (Wildman–Crippen LogP) is 13.1. The van der Waals surface area contributed by atoms with Gasteiger partial charge in [0.15, 0.2) is 6.10 Å². The molecule has 0 aromatic rings. The first kappa shape index (κ1) is 47.1. The second kappa shape index (κ2) is 38.9. The standard InChI is InChI=1S/C43H80O6/c1-4-7-10-13-15-17-18-19-20-21-22-23-24-26-27-30-33-36-42(45)48-39-40(38-47-41(44)35-32-29-12-9-6-3)49-43(46)37-34-31-28-25-16-14-11-8-5-2/h19-20,40H,4-18,21-39H2,1-3H3/b20-19-. The van der Waals surface area contributed by atoms with Crippen molar-refractivity contribution in [3.05, 3.63) is 12.2 Å². The van der Waals surface area contributed by atoms with Gasteiger partial charge < -0.3 is 14.2 Å². The van der Waals surface area contributed by atoms with Gasteiger partial charge in [0.05, 0.1) is 0 Å². The van der Waals surface area contributed by atoms with Crippen molar-refractivity contribution < 1.29 is 28.6 Å². The summed E-state index contributed by atoms with van der Waals surface area (Å²) in [6.45, 7) is 6.52. The van der Waals surface area contributed by atoms with Crippen molar-refractivity contribution >= 4 is 17.9 Å². The third-order valence-corrected chi connectivity index (χ3v) is 9.27. The van der Waals surface area contributed by atoms with Crippen molar-refractivity contribution in [3.8, 4) is 0 Å². The summed E-state index contributed by atoms with van der Waals surface area (Å²) in [5.41, 5.74) is 0. The predicted molar refractivity (Wildman–Crippen MR) is 206 cm³/mol. The monoisotopic (exact) mass is 693 g/mol. The summed E-state index contributed by atoms with van der Waals surface area (Å²) in [6, 6.07) is 0. The van der Waals surface area contributed by atoms with Gasteiger partial charge in [0.25, 0.3) is 0 Å². The molecule has 0 saturated heterocycles. The molecule has 0 aliphatic rings. The Morgan fingerprint density at radius 3 is 1.02 bits per heavy atom. The SMILES string of the molecule is CCCCCCCC/C=C\CCCCCCCCCC(=O)OCC(COC(=O)CCCCCCC)OC(=O)CCCCCCCCCCC. The molecule has 0 heterocycles. The van der Waals surface area contributed by atoms with Crippen molar-refractivity contribution in [2.75, 3.05) is 13.2 Å². The van der Waals surface area contributed by atoms with Gasteiger partial charge >= 0.3 is 17.9 Å². The van der Waals surface area contributed by atoms with E-state index in [0.717, 1.165) is 64.2 Å². The topological polar surface area (TPSA) is 78.9 Å². The van der Waals surface area contributed by atoms with E-state index in [2.05, 4.69) is 32.9 Å². The third-order valence-electron chi connectivity index (χ3n) is 9.27. The van der Waals surface area contributed by atoms with E-state index < -0.39 is 6.10 Å². The summed E-state index contributed by atoms with van der Waals surface area (Å²) < 4.78 is 16.5. The number of hydrogen-bond acceptors (Lipinski definition) is 6. The van der Waals surface area contributed by atoms with Crippen molar-refractivity contribution in [1.82, 2.24) is 0 Å². The minimum atomic E-state index is -0.760. The average molecular weight is 693 g/mol. The fourth-order valence-electron chi connectivity index (χ4n) is 6.02. The molecule has 0 spiro atoms. The largest absolute Gasteiger partial charge is 0.462 e. The van der Waals surface area contributed by atoms with Crippen LogP contribution in [0.1, 0.15) is 226 Å². The molecule has 6 heteroatoms. The Morgan fingerprint density at radius 2 is 0.673 bits per heavy atom. The van der Waals surface area contributed by atoms with E-state index in [1.54, 1.807) is 0 Å². The molecule has 0 fully saturated rings. The molecule has 0 aliphatic heterocycles. The number of hydrogen-bond donors (Lipinski definition) is 0. The van der Waals surface area contributed by atoms with Crippen LogP contribution in [-0.2, 0) is 28.6 Å². The van der Waals surface area contributed by atoms with E-state index in [4.69, 9.17) is 14.2 Å². The summed E-state index contributed by atoms with van der Waals surface area (Å²) in [4.78, 5) is 37.3. The van der Waals surface area contributed by atoms with E-state index in [1.165, 1.54) is 122 Å². The highest BCUT2D eigenvalue weighted by Gasteiger charge is 2.19. The highest BCUT2D eigenvalue weighted by atomic mass is 16.6. The molecule has 0 radical (unpaired) electrons. The van der Waals surface area contributed by atoms with Crippen molar-refractivity contribution in [2.45, 2.75) is 232 Å². The lowest BCUT2D eigenvalue weighted by molar-refractivity contribution is -0.167. The Bertz CT molecular complexity index is 763. The summed E-state index contributed by atoms with van der Waals surface area (Å²) in [5, 5.41) is 0. The fraction of sp³-hybridized carbons (Fsp3) is 0.884. The number of rotatable bonds is 38. The molecule has 0 aromatic carbocycles. The van der Waals surface area contributed by atoms with Crippen LogP contribution in [0.3, 0.4) is 0 Å². The van der Waals surface area contributed by atoms with Gasteiger partial charge in [-0.1, -0.05) is 174 Å². The van der Waals surface area contributed by atoms with Crippen LogP contribution >= 0.6 is 0 Å². The van der Waals surface area contributed by atoms with Crippen LogP contribution in [0.15, 0.2) is 12.2 Å². The van der Waals surface area contributed by atoms with Crippen molar-refractivity contribution in [1.29, 1.82) is 0 Å². The molecule has 1 atom stereocenters. The molecule has 49 heavy (non-hydrogen) atoms. The Hall–Kier alpha value is -1.85. The van der Waals surface area contributed by atoms with Gasteiger partial charge in [-0.3, -0.25) is 14.4 Å². The highest BCUT2D eigenvalue weighted by Crippen LogP contribution is 2.14. The van der Waals surface area contributed by atoms with Gasteiger partial charge in [0, 0.05) is 19.3 Å². The van der Waals surface area contributed by atoms with Gasteiger partial charge in [-0.05, 0) is 44.9 Å². The highest BCUT2D eigenvalue weighted by molar-refractivity contribution is 5.71. The van der Waals surface area contributed by atoms with Gasteiger partial charge in [0.2, 0.25) is 0 Å². The smallest absolute Gasteiger partial charge is 0.306 e. The maximum Gasteiger partial charge on any atom is 0.306 e. The second-order valence-electron chi connectivity index (χ2n) is 14.3. The number of carbonyl (C=O) groups excluding carboxylic acids is 3. The zero-order chi connectivity index (χ0) is 35.9. The molecule has 0 aliphatic carbocycles. The fourth-order valence-corrected chi connectivity index (χ4v) is 6.02. The van der Waals surface area contributed by atoms with E-state index >= 15 is 0 Å². The second-order valence-corrected chi connectivity index (χ2v) is 14.3. The average Bonchev–Trinajstić information content (AvgIpc) is 3.09. The van der Waals surface area contributed by atoms with E-state index in [-0.39, 0.29) is 31.1 Å². The van der Waals surface area contributed by atoms with Crippen LogP contribution in [0, 0.1) is 0 Å². The first-order chi connectivity index (χ1) is 24.0. The zero-order valence-electron chi connectivity index (χ0n) is 32.7. The summed E-state index contributed by atoms with van der Waals surface area (Å²) >= 11 is 0. The van der Waals surface area contributed by atoms with Crippen molar-refractivity contribution in [3.63, 3.8) is 0 Å². The Balaban J connectivity index is 4.17. The van der Waals surface area contributed by atoms with Gasteiger partial charge in [0.1, 0.15) is 13.2 Å². The molecule has 1 unspecified atom stereocenters. The lowest BCUT2D eigenvalue weighted by atomic mass is 10.1. The molecule has 0 amide bonds. The quantitative estimate of drug-likeness (QED) is 0.0277. The Kier molecular flexibility index (Phi) is 37.5. The van der Waals surface area contributed by atoms with E-state index in [1.807, 2.05) is 0 Å². The minimum Gasteiger partial charge on any atom is -0.462 e. The molecule has 0 saturated carbocycles. The summed E-state index contributed by atoms with van der Waals surface area (Å²) in [5.74, 6) is -0.887. The number of ether oxygens (including phenoxy) is 3.